The van der Waals surface area contributed by atoms with E-state index in [1.165, 1.54) is 29.7 Å². The first-order valence-electron chi connectivity index (χ1n) is 8.84. The fraction of sp³-hybridized carbons (Fsp3) is 0.500. The van der Waals surface area contributed by atoms with E-state index >= 15 is 0 Å². The number of aromatic nitrogens is 3. The molecule has 5 nitrogen and oxygen atoms in total. The predicted octanol–water partition coefficient (Wildman–Crippen LogP) is 4.00. The number of rotatable bonds is 5. The van der Waals surface area contributed by atoms with Gasteiger partial charge in [-0.3, -0.25) is 4.79 Å². The minimum absolute atomic E-state index is 0.00642. The van der Waals surface area contributed by atoms with E-state index in [1.807, 2.05) is 13.1 Å². The fourth-order valence-electron chi connectivity index (χ4n) is 3.55. The zero-order valence-electron chi connectivity index (χ0n) is 14.5. The van der Waals surface area contributed by atoms with E-state index in [1.54, 1.807) is 27.2 Å². The van der Waals surface area contributed by atoms with Crippen LogP contribution in [0.25, 0.3) is 4.96 Å². The maximum Gasteiger partial charge on any atom is 0.261 e. The molecule has 3 aromatic heterocycles. The van der Waals surface area contributed by atoms with Gasteiger partial charge in [0, 0.05) is 4.88 Å². The van der Waals surface area contributed by atoms with Crippen LogP contribution in [-0.4, -0.2) is 20.5 Å². The molecule has 1 aliphatic carbocycles. The van der Waals surface area contributed by atoms with Gasteiger partial charge in [0.25, 0.3) is 5.91 Å². The van der Waals surface area contributed by atoms with E-state index in [2.05, 4.69) is 28.4 Å². The van der Waals surface area contributed by atoms with Crippen LogP contribution in [0.4, 0.5) is 0 Å². The molecule has 0 fully saturated rings. The van der Waals surface area contributed by atoms with Gasteiger partial charge >= 0.3 is 0 Å². The van der Waals surface area contributed by atoms with Gasteiger partial charge in [-0.25, -0.2) is 9.50 Å². The van der Waals surface area contributed by atoms with Crippen LogP contribution in [0, 0.1) is 12.8 Å². The van der Waals surface area contributed by atoms with E-state index in [9.17, 15) is 4.79 Å². The molecule has 132 valence electrons. The van der Waals surface area contributed by atoms with Crippen molar-refractivity contribution in [3.63, 3.8) is 0 Å². The zero-order valence-corrected chi connectivity index (χ0v) is 16.2. The Balaban J connectivity index is 1.40. The molecule has 1 unspecified atom stereocenters. The molecule has 1 aliphatic rings. The highest BCUT2D eigenvalue weighted by Gasteiger charge is 2.22. The number of imidazole rings is 1. The monoisotopic (exact) mass is 374 g/mol. The Morgan fingerprint density at radius 3 is 3.12 bits per heavy atom. The molecule has 1 atom stereocenters. The van der Waals surface area contributed by atoms with E-state index in [-0.39, 0.29) is 5.91 Å². The summed E-state index contributed by atoms with van der Waals surface area (Å²) in [5.41, 5.74) is 2.23. The van der Waals surface area contributed by atoms with Crippen LogP contribution in [0.5, 0.6) is 0 Å². The Bertz CT molecular complexity index is 876. The number of carbonyl (C=O) groups excluding carboxylic acids is 1. The Morgan fingerprint density at radius 2 is 2.32 bits per heavy atom. The lowest BCUT2D eigenvalue weighted by Crippen LogP contribution is -2.22. The third-order valence-electron chi connectivity index (χ3n) is 4.73. The van der Waals surface area contributed by atoms with Gasteiger partial charge < -0.3 is 5.32 Å². The van der Waals surface area contributed by atoms with Crippen molar-refractivity contribution < 1.29 is 4.79 Å². The van der Waals surface area contributed by atoms with Gasteiger partial charge in [0.05, 0.1) is 23.3 Å². The minimum Gasteiger partial charge on any atom is -0.346 e. The first-order chi connectivity index (χ1) is 12.1. The fourth-order valence-corrected chi connectivity index (χ4v) is 5.42. The molecule has 0 saturated heterocycles. The summed E-state index contributed by atoms with van der Waals surface area (Å²) in [6, 6.07) is 2.10. The molecule has 25 heavy (non-hydrogen) atoms. The molecule has 3 aromatic rings. The van der Waals surface area contributed by atoms with Crippen LogP contribution in [0.1, 0.15) is 57.0 Å². The summed E-state index contributed by atoms with van der Waals surface area (Å²) in [6.07, 6.45) is 7.94. The van der Waals surface area contributed by atoms with Crippen molar-refractivity contribution in [3.8, 4) is 0 Å². The zero-order chi connectivity index (χ0) is 17.4. The molecule has 4 rings (SSSR count). The summed E-state index contributed by atoms with van der Waals surface area (Å²) in [5.74, 6) is 0.796. The second-order valence-corrected chi connectivity index (χ2v) is 9.02. The maximum atomic E-state index is 12.5. The van der Waals surface area contributed by atoms with Crippen molar-refractivity contribution in [3.05, 3.63) is 38.3 Å². The number of amides is 1. The second-order valence-electron chi connectivity index (χ2n) is 6.72. The summed E-state index contributed by atoms with van der Waals surface area (Å²) in [4.78, 5) is 20.1. The quantitative estimate of drug-likeness (QED) is 0.734. The lowest BCUT2D eigenvalue weighted by atomic mass is 9.85. The molecule has 3 heterocycles. The van der Waals surface area contributed by atoms with E-state index in [0.717, 1.165) is 39.3 Å². The number of thiophene rings is 1. The minimum atomic E-state index is 0.00642. The lowest BCUT2D eigenvalue weighted by Gasteiger charge is -2.21. The molecule has 1 amide bonds. The van der Waals surface area contributed by atoms with Crippen LogP contribution in [-0.2, 0) is 19.4 Å². The van der Waals surface area contributed by atoms with Crippen LogP contribution in [0.15, 0.2) is 12.3 Å². The lowest BCUT2D eigenvalue weighted by molar-refractivity contribution is 0.0954. The Hall–Kier alpha value is -1.73. The smallest absolute Gasteiger partial charge is 0.261 e. The Labute approximate surface area is 155 Å². The molecule has 0 saturated carbocycles. The van der Waals surface area contributed by atoms with Crippen LogP contribution in [0.2, 0.25) is 0 Å². The number of hydrogen-bond acceptors (Lipinski definition) is 5. The molecular formula is C18H22N4OS2. The molecule has 0 spiro atoms. The molecule has 0 aromatic carbocycles. The van der Waals surface area contributed by atoms with Gasteiger partial charge in [-0.2, -0.15) is 5.10 Å². The Kier molecular flexibility index (Phi) is 4.60. The molecule has 1 N–H and O–H groups in total. The number of nitrogens with one attached hydrogen (secondary N) is 1. The summed E-state index contributed by atoms with van der Waals surface area (Å²) < 4.78 is 1.78. The van der Waals surface area contributed by atoms with Gasteiger partial charge in [0.1, 0.15) is 5.01 Å². The largest absolute Gasteiger partial charge is 0.346 e. The number of nitrogens with zero attached hydrogens (tertiary/aromatic N) is 3. The summed E-state index contributed by atoms with van der Waals surface area (Å²) in [7, 11) is 0. The highest BCUT2D eigenvalue weighted by atomic mass is 32.1. The van der Waals surface area contributed by atoms with Crippen molar-refractivity contribution >= 4 is 33.5 Å². The van der Waals surface area contributed by atoms with Crippen molar-refractivity contribution in [1.29, 1.82) is 0 Å². The van der Waals surface area contributed by atoms with E-state index in [0.29, 0.717) is 6.54 Å². The van der Waals surface area contributed by atoms with E-state index in [4.69, 9.17) is 0 Å². The first-order valence-corrected chi connectivity index (χ1v) is 10.5. The van der Waals surface area contributed by atoms with Crippen molar-refractivity contribution in [2.75, 3.05) is 0 Å². The van der Waals surface area contributed by atoms with Gasteiger partial charge in [-0.1, -0.05) is 31.1 Å². The number of aryl methyl sites for hydroxylation is 2. The summed E-state index contributed by atoms with van der Waals surface area (Å²) in [5, 5.41) is 8.34. The standard InChI is InChI=1S/C18H22N4OS2/c1-3-4-12-5-6-15-13(7-12)8-16(25-15)17(23)19-9-14-10-22-18(20-14)24-11(2)21-22/h8,10,12H,3-7,9H2,1-2H3,(H,19,23). The molecule has 0 aliphatic heterocycles. The first kappa shape index (κ1) is 16.7. The highest BCUT2D eigenvalue weighted by Crippen LogP contribution is 2.34. The van der Waals surface area contributed by atoms with E-state index < -0.39 is 0 Å². The molecule has 7 heteroatoms. The summed E-state index contributed by atoms with van der Waals surface area (Å²) in [6.45, 7) is 4.65. The average molecular weight is 375 g/mol. The van der Waals surface area contributed by atoms with Gasteiger partial charge in [0.15, 0.2) is 0 Å². The molecule has 0 bridgehead atoms. The van der Waals surface area contributed by atoms with Gasteiger partial charge in [-0.05, 0) is 43.7 Å². The van der Waals surface area contributed by atoms with Gasteiger partial charge in [0.2, 0.25) is 4.96 Å². The van der Waals surface area contributed by atoms with Crippen molar-refractivity contribution in [1.82, 2.24) is 19.9 Å². The average Bonchev–Trinajstić information content (AvgIpc) is 3.24. The highest BCUT2D eigenvalue weighted by molar-refractivity contribution is 7.16. The maximum absolute atomic E-state index is 12.5. The molecule has 0 radical (unpaired) electrons. The topological polar surface area (TPSA) is 59.3 Å². The normalized spacial score (nSPS) is 17.0. The third-order valence-corrected chi connectivity index (χ3v) is 6.80. The second kappa shape index (κ2) is 6.88. The molecular weight excluding hydrogens is 352 g/mol. The predicted molar refractivity (Wildman–Crippen MR) is 102 cm³/mol. The Morgan fingerprint density at radius 1 is 1.44 bits per heavy atom. The number of fused-ring (bicyclic) bond motifs is 2. The third kappa shape index (κ3) is 3.48. The number of hydrogen-bond donors (Lipinski definition) is 1. The van der Waals surface area contributed by atoms with Crippen molar-refractivity contribution in [2.45, 2.75) is 52.5 Å². The van der Waals surface area contributed by atoms with Gasteiger partial charge in [-0.15, -0.1) is 11.3 Å². The van der Waals surface area contributed by atoms with Crippen LogP contribution in [0.3, 0.4) is 0 Å². The summed E-state index contributed by atoms with van der Waals surface area (Å²) >= 11 is 3.22. The van der Waals surface area contributed by atoms with Crippen LogP contribution >= 0.6 is 22.7 Å². The van der Waals surface area contributed by atoms with Crippen LogP contribution < -0.4 is 5.32 Å². The SMILES string of the molecule is CCCC1CCc2sc(C(=O)NCc3cn4nc(C)sc4n3)cc2C1. The number of carbonyl (C=O) groups is 1. The van der Waals surface area contributed by atoms with Crippen molar-refractivity contribution in [2.24, 2.45) is 5.92 Å².